The van der Waals surface area contributed by atoms with Crippen molar-refractivity contribution in [2.45, 2.75) is 6.92 Å². The van der Waals surface area contributed by atoms with E-state index in [1.54, 1.807) is 16.3 Å². The van der Waals surface area contributed by atoms with Gasteiger partial charge in [0.2, 0.25) is 5.17 Å². The molecule has 0 saturated heterocycles. The SMILES string of the molecule is C/C(=N\N=C1\N=C(c2ccccc2)CS1)c1ccc(-n2c(-c3ccc(Br)cc3)nc3ccccc3c2=O)cc1. The maximum atomic E-state index is 13.6. The summed E-state index contributed by atoms with van der Waals surface area (Å²) in [5, 5.41) is 10.0. The van der Waals surface area contributed by atoms with E-state index in [1.165, 1.54) is 0 Å². The molecule has 0 bridgehead atoms. The Morgan fingerprint density at radius 3 is 2.36 bits per heavy atom. The third-order valence-electron chi connectivity index (χ3n) is 6.38. The van der Waals surface area contributed by atoms with Gasteiger partial charge in [-0.3, -0.25) is 9.36 Å². The third-order valence-corrected chi connectivity index (χ3v) is 7.76. The van der Waals surface area contributed by atoms with Crippen molar-refractivity contribution in [3.8, 4) is 17.1 Å². The number of halogens is 1. The topological polar surface area (TPSA) is 72.0 Å². The molecule has 0 atom stereocenters. The minimum atomic E-state index is -0.117. The molecule has 0 spiro atoms. The van der Waals surface area contributed by atoms with Gasteiger partial charge in [0.15, 0.2) is 0 Å². The summed E-state index contributed by atoms with van der Waals surface area (Å²) in [5.74, 6) is 1.36. The van der Waals surface area contributed by atoms with E-state index in [0.29, 0.717) is 21.9 Å². The first-order valence-corrected chi connectivity index (χ1v) is 14.1. The van der Waals surface area contributed by atoms with Gasteiger partial charge >= 0.3 is 0 Å². The molecule has 6 rings (SSSR count). The molecular weight excluding hydrogens is 570 g/mol. The van der Waals surface area contributed by atoms with Crippen LogP contribution in [0, 0.1) is 0 Å². The highest BCUT2D eigenvalue weighted by Gasteiger charge is 2.16. The second kappa shape index (κ2) is 10.9. The van der Waals surface area contributed by atoms with Crippen LogP contribution in [0.25, 0.3) is 28.0 Å². The van der Waals surface area contributed by atoms with Crippen molar-refractivity contribution in [2.75, 3.05) is 5.75 Å². The van der Waals surface area contributed by atoms with Gasteiger partial charge in [0.1, 0.15) is 5.82 Å². The van der Waals surface area contributed by atoms with Crippen LogP contribution in [-0.2, 0) is 0 Å². The van der Waals surface area contributed by atoms with Gasteiger partial charge in [0, 0.05) is 15.8 Å². The standard InChI is InChI=1S/C31H22BrN5OS/c1-20(35-36-31-34-28(19-39-31)22-7-3-2-4-8-22)21-13-17-25(18-14-21)37-29(23-11-15-24(32)16-12-23)33-27-10-6-5-9-26(27)30(37)38/h2-18H,19H2,1H3/b35-20+,36-31-. The molecule has 5 aromatic rings. The molecule has 0 radical (unpaired) electrons. The first-order valence-electron chi connectivity index (χ1n) is 12.3. The smallest absolute Gasteiger partial charge is 0.266 e. The quantitative estimate of drug-likeness (QED) is 0.161. The molecule has 4 aromatic carbocycles. The Labute approximate surface area is 238 Å². The summed E-state index contributed by atoms with van der Waals surface area (Å²) < 4.78 is 2.62. The zero-order valence-electron chi connectivity index (χ0n) is 21.0. The number of fused-ring (bicyclic) bond motifs is 1. The Bertz CT molecular complexity index is 1830. The van der Waals surface area contributed by atoms with Crippen molar-refractivity contribution in [3.63, 3.8) is 0 Å². The predicted octanol–water partition coefficient (Wildman–Crippen LogP) is 7.13. The summed E-state index contributed by atoms with van der Waals surface area (Å²) in [6.45, 7) is 1.91. The van der Waals surface area contributed by atoms with Crippen molar-refractivity contribution < 1.29 is 0 Å². The van der Waals surface area contributed by atoms with Crippen LogP contribution in [0.4, 0.5) is 0 Å². The van der Waals surface area contributed by atoms with Gasteiger partial charge in [-0.2, -0.15) is 5.10 Å². The average molecular weight is 593 g/mol. The van der Waals surface area contributed by atoms with E-state index < -0.39 is 0 Å². The van der Waals surface area contributed by atoms with Crippen molar-refractivity contribution in [1.29, 1.82) is 0 Å². The first kappa shape index (κ1) is 25.2. The summed E-state index contributed by atoms with van der Waals surface area (Å²) in [5.41, 5.74) is 5.90. The summed E-state index contributed by atoms with van der Waals surface area (Å²) in [6, 6.07) is 33.1. The Morgan fingerprint density at radius 2 is 1.59 bits per heavy atom. The second-order valence-electron chi connectivity index (χ2n) is 8.93. The number of hydrogen-bond donors (Lipinski definition) is 0. The van der Waals surface area contributed by atoms with Crippen LogP contribution in [0.1, 0.15) is 18.1 Å². The molecule has 39 heavy (non-hydrogen) atoms. The highest BCUT2D eigenvalue weighted by Crippen LogP contribution is 2.24. The Hall–Kier alpha value is -4.14. The maximum absolute atomic E-state index is 13.6. The molecule has 1 aliphatic heterocycles. The molecule has 190 valence electrons. The molecule has 0 N–H and O–H groups in total. The highest BCUT2D eigenvalue weighted by atomic mass is 79.9. The number of thioether (sulfide) groups is 1. The molecule has 0 fully saturated rings. The highest BCUT2D eigenvalue weighted by molar-refractivity contribution is 9.10. The molecular formula is C31H22BrN5OS. The molecule has 0 unspecified atom stereocenters. The Kier molecular flexibility index (Phi) is 7.04. The van der Waals surface area contributed by atoms with Gasteiger partial charge in [-0.1, -0.05) is 94.4 Å². The fraction of sp³-hybridized carbons (Fsp3) is 0.0645. The minimum absolute atomic E-state index is 0.117. The van der Waals surface area contributed by atoms with E-state index >= 15 is 0 Å². The maximum Gasteiger partial charge on any atom is 0.266 e. The van der Waals surface area contributed by atoms with Gasteiger partial charge in [0.25, 0.3) is 5.56 Å². The molecule has 1 aromatic heterocycles. The van der Waals surface area contributed by atoms with E-state index in [0.717, 1.165) is 44.0 Å². The number of benzene rings is 4. The van der Waals surface area contributed by atoms with Crippen molar-refractivity contribution in [3.05, 3.63) is 129 Å². The molecule has 0 aliphatic carbocycles. The molecule has 1 aliphatic rings. The fourth-order valence-electron chi connectivity index (χ4n) is 4.33. The van der Waals surface area contributed by atoms with E-state index in [1.807, 2.05) is 97.9 Å². The van der Waals surface area contributed by atoms with E-state index in [9.17, 15) is 4.79 Å². The number of rotatable bonds is 5. The zero-order valence-corrected chi connectivity index (χ0v) is 23.4. The average Bonchev–Trinajstić information content (AvgIpc) is 3.46. The van der Waals surface area contributed by atoms with Gasteiger partial charge in [-0.15, -0.1) is 5.10 Å². The molecule has 6 nitrogen and oxygen atoms in total. The van der Waals surface area contributed by atoms with Crippen molar-refractivity contribution in [2.24, 2.45) is 15.2 Å². The number of nitrogens with zero attached hydrogens (tertiary/aromatic N) is 5. The summed E-state index contributed by atoms with van der Waals surface area (Å²) in [4.78, 5) is 23.1. The number of aromatic nitrogens is 2. The lowest BCUT2D eigenvalue weighted by atomic mass is 10.1. The van der Waals surface area contributed by atoms with E-state index in [2.05, 4.69) is 43.3 Å². The largest absolute Gasteiger partial charge is 0.268 e. The van der Waals surface area contributed by atoms with Gasteiger partial charge < -0.3 is 0 Å². The zero-order chi connectivity index (χ0) is 26.8. The van der Waals surface area contributed by atoms with E-state index in [-0.39, 0.29) is 5.56 Å². The monoisotopic (exact) mass is 591 g/mol. The van der Waals surface area contributed by atoms with Gasteiger partial charge in [-0.25, -0.2) is 9.98 Å². The fourth-order valence-corrected chi connectivity index (χ4v) is 5.37. The Balaban J connectivity index is 1.34. The number of amidine groups is 1. The lowest BCUT2D eigenvalue weighted by Gasteiger charge is -2.14. The number of hydrogen-bond acceptors (Lipinski definition) is 5. The van der Waals surface area contributed by atoms with Crippen molar-refractivity contribution >= 4 is 55.2 Å². The van der Waals surface area contributed by atoms with E-state index in [4.69, 9.17) is 4.98 Å². The van der Waals surface area contributed by atoms with Crippen LogP contribution in [-0.4, -0.2) is 31.9 Å². The molecule has 0 amide bonds. The predicted molar refractivity (Wildman–Crippen MR) is 166 cm³/mol. The third kappa shape index (κ3) is 5.26. The lowest BCUT2D eigenvalue weighted by Crippen LogP contribution is -2.22. The van der Waals surface area contributed by atoms with Crippen LogP contribution in [0.3, 0.4) is 0 Å². The van der Waals surface area contributed by atoms with Gasteiger partial charge in [0.05, 0.1) is 28.0 Å². The number of para-hydroxylation sites is 1. The normalized spacial score (nSPS) is 14.7. The minimum Gasteiger partial charge on any atom is -0.268 e. The van der Waals surface area contributed by atoms with Crippen LogP contribution in [0.15, 0.2) is 128 Å². The molecule has 0 saturated carbocycles. The van der Waals surface area contributed by atoms with Gasteiger partial charge in [-0.05, 0) is 54.4 Å². The second-order valence-corrected chi connectivity index (χ2v) is 10.8. The van der Waals surface area contributed by atoms with Crippen LogP contribution < -0.4 is 5.56 Å². The summed E-state index contributed by atoms with van der Waals surface area (Å²) in [7, 11) is 0. The molecule has 8 heteroatoms. The Morgan fingerprint density at radius 1 is 0.872 bits per heavy atom. The van der Waals surface area contributed by atoms with Crippen LogP contribution in [0.5, 0.6) is 0 Å². The number of aliphatic imine (C=N–C) groups is 1. The van der Waals surface area contributed by atoms with Crippen LogP contribution in [0.2, 0.25) is 0 Å². The van der Waals surface area contributed by atoms with Crippen LogP contribution >= 0.6 is 27.7 Å². The van der Waals surface area contributed by atoms with Crippen molar-refractivity contribution in [1.82, 2.24) is 9.55 Å². The molecule has 2 heterocycles. The lowest BCUT2D eigenvalue weighted by molar-refractivity contribution is 0.975. The summed E-state index contributed by atoms with van der Waals surface area (Å²) in [6.07, 6.45) is 0. The first-order chi connectivity index (χ1) is 19.1. The summed E-state index contributed by atoms with van der Waals surface area (Å²) >= 11 is 5.06.